The van der Waals surface area contributed by atoms with Crippen molar-refractivity contribution >= 4 is 40.5 Å². The Balaban J connectivity index is 2.26. The zero-order chi connectivity index (χ0) is 14.3. The lowest BCUT2D eigenvalue weighted by atomic mass is 10.2. The Kier molecular flexibility index (Phi) is 3.19. The predicted octanol–water partition coefficient (Wildman–Crippen LogP) is 1.89. The van der Waals surface area contributed by atoms with E-state index in [0.29, 0.717) is 15.8 Å². The van der Waals surface area contributed by atoms with E-state index in [1.807, 2.05) is 17.5 Å². The van der Waals surface area contributed by atoms with E-state index in [2.05, 4.69) is 10.2 Å². The fraction of sp³-hybridized carbons (Fsp3) is 0.167. The molecule has 102 valence electrons. The van der Waals surface area contributed by atoms with Crippen LogP contribution < -0.4 is 5.01 Å². The molecule has 1 aliphatic rings. The summed E-state index contributed by atoms with van der Waals surface area (Å²) in [6.07, 6.45) is 1.47. The third-order valence-corrected chi connectivity index (χ3v) is 4.72. The Labute approximate surface area is 123 Å². The fourth-order valence-corrected chi connectivity index (χ4v) is 3.70. The number of ketones is 1. The molecule has 8 heteroatoms. The summed E-state index contributed by atoms with van der Waals surface area (Å²) >= 11 is 2.71. The van der Waals surface area contributed by atoms with Crippen LogP contribution in [0.2, 0.25) is 0 Å². The van der Waals surface area contributed by atoms with Crippen molar-refractivity contribution in [3.8, 4) is 0 Å². The number of nitrogens with zero attached hydrogens (tertiary/aromatic N) is 4. The molecule has 3 heterocycles. The highest BCUT2D eigenvalue weighted by atomic mass is 32.2. The monoisotopic (exact) mass is 306 g/mol. The van der Waals surface area contributed by atoms with Gasteiger partial charge >= 0.3 is 0 Å². The van der Waals surface area contributed by atoms with Crippen molar-refractivity contribution in [1.82, 2.24) is 14.9 Å². The van der Waals surface area contributed by atoms with E-state index in [-0.39, 0.29) is 11.7 Å². The SMILES string of the molecule is CC(=O)C1=C(c2cccs2)N(C(C)=O)n2cnnc2S1. The van der Waals surface area contributed by atoms with Crippen LogP contribution in [0.25, 0.3) is 5.70 Å². The van der Waals surface area contributed by atoms with Crippen molar-refractivity contribution in [2.24, 2.45) is 0 Å². The van der Waals surface area contributed by atoms with Gasteiger partial charge in [0.1, 0.15) is 12.0 Å². The molecule has 0 atom stereocenters. The predicted molar refractivity (Wildman–Crippen MR) is 76.7 cm³/mol. The van der Waals surface area contributed by atoms with E-state index in [1.165, 1.54) is 48.3 Å². The number of Topliss-reactive ketones (excluding diaryl/α,β-unsaturated/α-hetero) is 1. The number of carbonyl (C=O) groups excluding carboxylic acids is 2. The summed E-state index contributed by atoms with van der Waals surface area (Å²) in [5, 5.41) is 11.6. The van der Waals surface area contributed by atoms with Gasteiger partial charge in [-0.05, 0) is 30.1 Å². The van der Waals surface area contributed by atoms with Gasteiger partial charge in [0.2, 0.25) is 11.1 Å². The first-order valence-corrected chi connectivity index (χ1v) is 7.47. The van der Waals surface area contributed by atoms with Gasteiger partial charge in [-0.25, -0.2) is 9.69 Å². The van der Waals surface area contributed by atoms with Crippen LogP contribution in [0, 0.1) is 0 Å². The molecule has 0 aromatic carbocycles. The first-order chi connectivity index (χ1) is 9.59. The number of amides is 1. The normalized spacial score (nSPS) is 14.4. The fourth-order valence-electron chi connectivity index (χ4n) is 1.94. The van der Waals surface area contributed by atoms with Gasteiger partial charge in [-0.2, -0.15) is 0 Å². The molecule has 1 amide bonds. The number of allylic oxidation sites excluding steroid dienone is 1. The van der Waals surface area contributed by atoms with Crippen molar-refractivity contribution in [3.05, 3.63) is 33.6 Å². The number of aromatic nitrogens is 3. The second kappa shape index (κ2) is 4.88. The molecule has 0 fully saturated rings. The van der Waals surface area contributed by atoms with Crippen LogP contribution in [0.4, 0.5) is 0 Å². The van der Waals surface area contributed by atoms with Crippen molar-refractivity contribution in [1.29, 1.82) is 0 Å². The Morgan fingerprint density at radius 2 is 2.10 bits per heavy atom. The Morgan fingerprint density at radius 3 is 2.70 bits per heavy atom. The van der Waals surface area contributed by atoms with Crippen molar-refractivity contribution in [3.63, 3.8) is 0 Å². The summed E-state index contributed by atoms with van der Waals surface area (Å²) in [6, 6.07) is 3.77. The minimum absolute atomic E-state index is 0.0982. The van der Waals surface area contributed by atoms with Gasteiger partial charge < -0.3 is 0 Å². The molecule has 1 aliphatic heterocycles. The maximum Gasteiger partial charge on any atom is 0.243 e. The molecule has 0 bridgehead atoms. The molecule has 2 aromatic heterocycles. The molecule has 0 radical (unpaired) electrons. The Bertz CT molecular complexity index is 718. The van der Waals surface area contributed by atoms with Crippen LogP contribution in [0.5, 0.6) is 0 Å². The number of carbonyl (C=O) groups is 2. The number of hydrogen-bond acceptors (Lipinski definition) is 6. The zero-order valence-electron chi connectivity index (χ0n) is 10.7. The van der Waals surface area contributed by atoms with E-state index >= 15 is 0 Å². The van der Waals surface area contributed by atoms with Crippen LogP contribution in [-0.2, 0) is 9.59 Å². The smallest absolute Gasteiger partial charge is 0.243 e. The van der Waals surface area contributed by atoms with Crippen molar-refractivity contribution in [2.45, 2.75) is 19.0 Å². The molecule has 0 unspecified atom stereocenters. The molecule has 0 N–H and O–H groups in total. The first kappa shape index (κ1) is 13.1. The molecule has 20 heavy (non-hydrogen) atoms. The van der Waals surface area contributed by atoms with E-state index in [9.17, 15) is 9.59 Å². The molecule has 0 aliphatic carbocycles. The van der Waals surface area contributed by atoms with Gasteiger partial charge in [0.05, 0.1) is 9.78 Å². The lowest BCUT2D eigenvalue weighted by Crippen LogP contribution is -2.40. The topological polar surface area (TPSA) is 68.1 Å². The molecule has 2 aromatic rings. The molecular weight excluding hydrogens is 296 g/mol. The summed E-state index contributed by atoms with van der Waals surface area (Å²) in [7, 11) is 0. The highest BCUT2D eigenvalue weighted by molar-refractivity contribution is 8.04. The Hall–Kier alpha value is -1.93. The minimum Gasteiger partial charge on any atom is -0.294 e. The summed E-state index contributed by atoms with van der Waals surface area (Å²) in [5.41, 5.74) is 0.595. The number of hydrogen-bond donors (Lipinski definition) is 0. The molecule has 0 saturated heterocycles. The standard InChI is InChI=1S/C12H10N4O2S2/c1-7(17)11-10(9-4-3-5-19-9)16(8(2)18)15-6-13-14-12(15)20-11/h3-6H,1-2H3. The van der Waals surface area contributed by atoms with Gasteiger partial charge in [0.15, 0.2) is 5.78 Å². The summed E-state index contributed by atoms with van der Waals surface area (Å²) in [4.78, 5) is 25.3. The first-order valence-electron chi connectivity index (χ1n) is 5.77. The van der Waals surface area contributed by atoms with E-state index in [0.717, 1.165) is 4.88 Å². The van der Waals surface area contributed by atoms with Crippen LogP contribution in [0.3, 0.4) is 0 Å². The van der Waals surface area contributed by atoms with Gasteiger partial charge in [0.25, 0.3) is 0 Å². The third-order valence-electron chi connectivity index (χ3n) is 2.71. The Morgan fingerprint density at radius 1 is 1.30 bits per heavy atom. The van der Waals surface area contributed by atoms with Crippen LogP contribution >= 0.6 is 23.1 Å². The van der Waals surface area contributed by atoms with E-state index < -0.39 is 0 Å². The molecule has 3 rings (SSSR count). The van der Waals surface area contributed by atoms with Crippen molar-refractivity contribution < 1.29 is 9.59 Å². The second-order valence-electron chi connectivity index (χ2n) is 4.10. The molecule has 0 spiro atoms. The van der Waals surface area contributed by atoms with Gasteiger partial charge in [-0.15, -0.1) is 21.5 Å². The maximum atomic E-state index is 12.0. The van der Waals surface area contributed by atoms with Gasteiger partial charge in [-0.1, -0.05) is 6.07 Å². The number of fused-ring (bicyclic) bond motifs is 1. The highest BCUT2D eigenvalue weighted by Gasteiger charge is 2.32. The van der Waals surface area contributed by atoms with E-state index in [4.69, 9.17) is 0 Å². The summed E-state index contributed by atoms with van der Waals surface area (Å²) < 4.78 is 1.56. The average Bonchev–Trinajstić information content (AvgIpc) is 3.06. The summed E-state index contributed by atoms with van der Waals surface area (Å²) in [5.74, 6) is -0.299. The molecular formula is C12H10N4O2S2. The van der Waals surface area contributed by atoms with Gasteiger partial charge in [0, 0.05) is 6.92 Å². The molecule has 0 saturated carbocycles. The van der Waals surface area contributed by atoms with Crippen LogP contribution in [0.1, 0.15) is 18.7 Å². The quantitative estimate of drug-likeness (QED) is 0.847. The number of rotatable bonds is 2. The van der Waals surface area contributed by atoms with Crippen LogP contribution in [-0.4, -0.2) is 26.6 Å². The molecule has 6 nitrogen and oxygen atoms in total. The minimum atomic E-state index is -0.200. The lowest BCUT2D eigenvalue weighted by Gasteiger charge is -2.30. The van der Waals surface area contributed by atoms with Gasteiger partial charge in [-0.3, -0.25) is 9.59 Å². The maximum absolute atomic E-state index is 12.0. The third kappa shape index (κ3) is 1.97. The second-order valence-corrected chi connectivity index (χ2v) is 6.03. The lowest BCUT2D eigenvalue weighted by molar-refractivity contribution is -0.117. The number of thioether (sulfide) groups is 1. The average molecular weight is 306 g/mol. The van der Waals surface area contributed by atoms with Crippen LogP contribution in [0.15, 0.2) is 33.9 Å². The highest BCUT2D eigenvalue weighted by Crippen LogP contribution is 2.39. The van der Waals surface area contributed by atoms with Crippen molar-refractivity contribution in [2.75, 3.05) is 5.01 Å². The van der Waals surface area contributed by atoms with E-state index in [1.54, 1.807) is 4.68 Å². The summed E-state index contributed by atoms with van der Waals surface area (Å²) in [6.45, 7) is 2.94. The largest absolute Gasteiger partial charge is 0.294 e. The number of thiophene rings is 1. The zero-order valence-corrected chi connectivity index (χ0v) is 12.4.